The molecule has 4 bridgehead atoms. The predicted molar refractivity (Wildman–Crippen MR) is 55.5 cm³/mol. The fourth-order valence-corrected chi connectivity index (χ4v) is 4.92. The first-order valence-electron chi connectivity index (χ1n) is 6.14. The monoisotopic (exact) mass is 227 g/mol. The Hall–Kier alpha value is -0.640. The van der Waals surface area contributed by atoms with E-state index in [-0.39, 0.29) is 11.3 Å². The summed E-state index contributed by atoms with van der Waals surface area (Å²) < 4.78 is 14.5. The smallest absolute Gasteiger partial charge is 0.243 e. The minimum Gasteiger partial charge on any atom is -0.289 e. The molecule has 0 radical (unpaired) electrons. The molecule has 0 aliphatic heterocycles. The van der Waals surface area contributed by atoms with Gasteiger partial charge in [-0.25, -0.2) is 9.87 Å². The van der Waals surface area contributed by atoms with E-state index in [2.05, 4.69) is 0 Å². The van der Waals surface area contributed by atoms with Crippen molar-refractivity contribution in [3.8, 4) is 0 Å². The number of hydroxylamine groups is 1. The molecule has 4 atom stereocenters. The second-order valence-corrected chi connectivity index (χ2v) is 6.32. The Bertz CT molecular complexity index is 317. The Kier molecular flexibility index (Phi) is 2.09. The van der Waals surface area contributed by atoms with Gasteiger partial charge in [-0.15, -0.1) is 0 Å². The minimum absolute atomic E-state index is 0.161. The number of rotatable bonds is 2. The van der Waals surface area contributed by atoms with Crippen molar-refractivity contribution in [2.24, 2.45) is 17.3 Å². The molecule has 3 nitrogen and oxygen atoms in total. The van der Waals surface area contributed by atoms with Crippen LogP contribution < -0.4 is 5.48 Å². The van der Waals surface area contributed by atoms with E-state index in [1.807, 2.05) is 0 Å². The van der Waals surface area contributed by atoms with Crippen molar-refractivity contribution in [1.82, 2.24) is 5.48 Å². The third-order valence-electron chi connectivity index (χ3n) is 4.77. The summed E-state index contributed by atoms with van der Waals surface area (Å²) in [6.07, 6.45) is 5.32. The molecule has 4 rings (SSSR count). The molecule has 4 saturated carbocycles. The lowest BCUT2D eigenvalue weighted by Gasteiger charge is -2.59. The van der Waals surface area contributed by atoms with Gasteiger partial charge in [0.25, 0.3) is 0 Å². The zero-order chi connectivity index (χ0) is 11.4. The van der Waals surface area contributed by atoms with E-state index < -0.39 is 5.67 Å². The molecular formula is C12H18FNO2. The maximum absolute atomic E-state index is 14.5. The van der Waals surface area contributed by atoms with E-state index in [1.165, 1.54) is 0 Å². The predicted octanol–water partition coefficient (Wildman–Crippen LogP) is 2.19. The van der Waals surface area contributed by atoms with Crippen LogP contribution in [0.3, 0.4) is 0 Å². The number of halogens is 1. The summed E-state index contributed by atoms with van der Waals surface area (Å²) in [4.78, 5) is 11.3. The van der Waals surface area contributed by atoms with Gasteiger partial charge >= 0.3 is 0 Å². The molecule has 0 saturated heterocycles. The zero-order valence-electron chi connectivity index (χ0n) is 9.34. The average molecular weight is 227 g/mol. The molecule has 90 valence electrons. The number of hydrogen-bond donors (Lipinski definition) is 2. The molecule has 2 N–H and O–H groups in total. The molecule has 0 spiro atoms. The van der Waals surface area contributed by atoms with Gasteiger partial charge in [-0.3, -0.25) is 10.0 Å². The molecular weight excluding hydrogens is 209 g/mol. The second-order valence-electron chi connectivity index (χ2n) is 6.32. The molecule has 1 amide bonds. The molecule has 0 aromatic heterocycles. The number of hydrogen-bond acceptors (Lipinski definition) is 2. The van der Waals surface area contributed by atoms with E-state index in [1.54, 1.807) is 5.48 Å². The van der Waals surface area contributed by atoms with Crippen molar-refractivity contribution in [3.63, 3.8) is 0 Å². The van der Waals surface area contributed by atoms with Crippen molar-refractivity contribution in [3.05, 3.63) is 0 Å². The highest BCUT2D eigenvalue weighted by atomic mass is 19.1. The third-order valence-corrected chi connectivity index (χ3v) is 4.77. The van der Waals surface area contributed by atoms with Gasteiger partial charge in [-0.1, -0.05) is 0 Å². The van der Waals surface area contributed by atoms with Crippen molar-refractivity contribution in [2.45, 2.75) is 50.6 Å². The lowest BCUT2D eigenvalue weighted by molar-refractivity contribution is -0.148. The number of amides is 1. The summed E-state index contributed by atoms with van der Waals surface area (Å²) >= 11 is 0. The van der Waals surface area contributed by atoms with Crippen LogP contribution in [-0.4, -0.2) is 16.8 Å². The van der Waals surface area contributed by atoms with Crippen LogP contribution in [0.15, 0.2) is 0 Å². The van der Waals surface area contributed by atoms with Gasteiger partial charge in [-0.05, 0) is 55.8 Å². The number of alkyl halides is 1. The van der Waals surface area contributed by atoms with Crippen LogP contribution >= 0.6 is 0 Å². The Labute approximate surface area is 94.4 Å². The fraction of sp³-hybridized carbons (Fsp3) is 0.917. The first-order chi connectivity index (χ1) is 7.53. The quantitative estimate of drug-likeness (QED) is 0.561. The maximum Gasteiger partial charge on any atom is 0.243 e. The molecule has 0 heterocycles. The van der Waals surface area contributed by atoms with E-state index in [0.717, 1.165) is 19.3 Å². The van der Waals surface area contributed by atoms with Crippen LogP contribution in [0, 0.1) is 17.3 Å². The van der Waals surface area contributed by atoms with Gasteiger partial charge < -0.3 is 0 Å². The molecule has 2 unspecified atom stereocenters. The zero-order valence-corrected chi connectivity index (χ0v) is 9.34. The molecule has 0 aromatic carbocycles. The van der Waals surface area contributed by atoms with Crippen molar-refractivity contribution >= 4 is 5.91 Å². The topological polar surface area (TPSA) is 49.3 Å². The summed E-state index contributed by atoms with van der Waals surface area (Å²) in [5.74, 6) is 0.584. The summed E-state index contributed by atoms with van der Waals surface area (Å²) in [6.45, 7) is 0. The van der Waals surface area contributed by atoms with Crippen LogP contribution in [0.2, 0.25) is 0 Å². The highest BCUT2D eigenvalue weighted by Crippen LogP contribution is 2.64. The van der Waals surface area contributed by atoms with Gasteiger partial charge in [0.15, 0.2) is 0 Å². The highest BCUT2D eigenvalue weighted by Gasteiger charge is 2.58. The summed E-state index contributed by atoms with van der Waals surface area (Å²) in [6, 6.07) is 0. The Balaban J connectivity index is 1.83. The normalized spacial score (nSPS) is 49.4. The van der Waals surface area contributed by atoms with Crippen LogP contribution in [0.5, 0.6) is 0 Å². The third kappa shape index (κ3) is 1.54. The average Bonchev–Trinajstić information content (AvgIpc) is 2.12. The number of carbonyl (C=O) groups is 1. The molecule has 4 aliphatic carbocycles. The van der Waals surface area contributed by atoms with Gasteiger partial charge in [-0.2, -0.15) is 0 Å². The number of carbonyl (C=O) groups excluding carboxylic acids is 1. The molecule has 4 heteroatoms. The summed E-state index contributed by atoms with van der Waals surface area (Å²) in [7, 11) is 0. The van der Waals surface area contributed by atoms with Gasteiger partial charge in [0.2, 0.25) is 5.91 Å². The first kappa shape index (κ1) is 10.5. The standard InChI is InChI=1S/C12H18FNO2/c13-12-4-8-1-9(5-12)3-11(2-8,7-12)6-10(15)14-16/h8-9,16H,1-7H2,(H,14,15)/t8-,9+,11?,12?. The van der Waals surface area contributed by atoms with Gasteiger partial charge in [0, 0.05) is 6.42 Å². The summed E-state index contributed by atoms with van der Waals surface area (Å²) in [5.41, 5.74) is 0.516. The first-order valence-corrected chi connectivity index (χ1v) is 6.14. The van der Waals surface area contributed by atoms with E-state index >= 15 is 0 Å². The van der Waals surface area contributed by atoms with Crippen LogP contribution in [-0.2, 0) is 4.79 Å². The summed E-state index contributed by atoms with van der Waals surface area (Å²) in [5, 5.41) is 8.61. The lowest BCUT2D eigenvalue weighted by atomic mass is 9.47. The van der Waals surface area contributed by atoms with Gasteiger partial charge in [0.05, 0.1) is 0 Å². The number of nitrogens with one attached hydrogen (secondary N) is 1. The Morgan fingerprint density at radius 2 is 1.94 bits per heavy atom. The van der Waals surface area contributed by atoms with Crippen LogP contribution in [0.1, 0.15) is 44.9 Å². The van der Waals surface area contributed by atoms with Crippen LogP contribution in [0.25, 0.3) is 0 Å². The van der Waals surface area contributed by atoms with Crippen molar-refractivity contribution < 1.29 is 14.4 Å². The fourth-order valence-electron chi connectivity index (χ4n) is 4.92. The Morgan fingerprint density at radius 3 is 2.44 bits per heavy atom. The largest absolute Gasteiger partial charge is 0.289 e. The second kappa shape index (κ2) is 3.19. The molecule has 16 heavy (non-hydrogen) atoms. The molecule has 4 aliphatic rings. The molecule has 0 aromatic rings. The van der Waals surface area contributed by atoms with Gasteiger partial charge in [0.1, 0.15) is 5.67 Å². The SMILES string of the molecule is O=C(CC12C[C@@H]3C[C@@H](CC(F)(C3)C1)C2)NO. The van der Waals surface area contributed by atoms with Crippen molar-refractivity contribution in [2.75, 3.05) is 0 Å². The molecule has 4 fully saturated rings. The van der Waals surface area contributed by atoms with E-state index in [4.69, 9.17) is 5.21 Å². The van der Waals surface area contributed by atoms with E-state index in [9.17, 15) is 9.18 Å². The van der Waals surface area contributed by atoms with Crippen molar-refractivity contribution in [1.29, 1.82) is 0 Å². The lowest BCUT2D eigenvalue weighted by Crippen LogP contribution is -2.54. The minimum atomic E-state index is -1.01. The van der Waals surface area contributed by atoms with Crippen LogP contribution in [0.4, 0.5) is 4.39 Å². The maximum atomic E-state index is 14.5. The highest BCUT2D eigenvalue weighted by molar-refractivity contribution is 5.75. The van der Waals surface area contributed by atoms with E-state index in [0.29, 0.717) is 37.5 Å². The Morgan fingerprint density at radius 1 is 1.31 bits per heavy atom.